The van der Waals surface area contributed by atoms with E-state index in [0.717, 1.165) is 20.1 Å². The fraction of sp³-hybridized carbons (Fsp3) is 0.200. The monoisotopic (exact) mass is 380 g/mol. The molecule has 0 N–H and O–H groups in total. The highest BCUT2D eigenvalue weighted by atomic mass is 79.9. The number of hydrogen-bond donors (Lipinski definition) is 0. The Hall–Kier alpha value is -0.680. The maximum absolute atomic E-state index is 6.00. The van der Waals surface area contributed by atoms with Crippen molar-refractivity contribution in [2.24, 2.45) is 0 Å². The first kappa shape index (κ1) is 12.1. The van der Waals surface area contributed by atoms with E-state index in [0.29, 0.717) is 13.2 Å². The molecular weight excluding hydrogens is 372 g/mol. The van der Waals surface area contributed by atoms with Gasteiger partial charge >= 0.3 is 0 Å². The van der Waals surface area contributed by atoms with Crippen molar-refractivity contribution in [3.8, 4) is 11.1 Å². The molecule has 1 heterocycles. The standard InChI is InChI=1S/C15H10Br2O2/c16-9-1-3-11-12-4-2-10(17)8-14(12)15(13(11)7-9)18-5-6-19-15/h1-4,7-8H,5-6H2. The van der Waals surface area contributed by atoms with E-state index in [9.17, 15) is 0 Å². The van der Waals surface area contributed by atoms with E-state index in [4.69, 9.17) is 9.47 Å². The largest absolute Gasteiger partial charge is 0.340 e. The molecule has 1 saturated heterocycles. The number of halogens is 2. The number of ether oxygens (including phenoxy) is 2. The molecule has 0 bridgehead atoms. The van der Waals surface area contributed by atoms with Gasteiger partial charge in [0.2, 0.25) is 5.79 Å². The first-order valence-corrected chi connectivity index (χ1v) is 7.68. The van der Waals surface area contributed by atoms with Crippen molar-refractivity contribution >= 4 is 31.9 Å². The quantitative estimate of drug-likeness (QED) is 0.671. The van der Waals surface area contributed by atoms with Crippen LogP contribution < -0.4 is 0 Å². The van der Waals surface area contributed by atoms with Crippen LogP contribution in [0.3, 0.4) is 0 Å². The molecule has 19 heavy (non-hydrogen) atoms. The van der Waals surface area contributed by atoms with Crippen molar-refractivity contribution in [1.82, 2.24) is 0 Å². The van der Waals surface area contributed by atoms with Crippen LogP contribution in [0.15, 0.2) is 45.3 Å². The van der Waals surface area contributed by atoms with Crippen LogP contribution in [-0.4, -0.2) is 13.2 Å². The fourth-order valence-electron chi connectivity index (χ4n) is 2.92. The Morgan fingerprint density at radius 3 is 1.74 bits per heavy atom. The first-order valence-electron chi connectivity index (χ1n) is 6.09. The minimum atomic E-state index is -0.724. The molecule has 0 saturated carbocycles. The van der Waals surface area contributed by atoms with Crippen LogP contribution >= 0.6 is 31.9 Å². The Morgan fingerprint density at radius 1 is 0.789 bits per heavy atom. The molecule has 1 spiro atoms. The highest BCUT2D eigenvalue weighted by Gasteiger charge is 2.48. The van der Waals surface area contributed by atoms with Gasteiger partial charge < -0.3 is 9.47 Å². The average molecular weight is 382 g/mol. The van der Waals surface area contributed by atoms with Gasteiger partial charge in [-0.15, -0.1) is 0 Å². The van der Waals surface area contributed by atoms with E-state index in [1.165, 1.54) is 11.1 Å². The third-order valence-electron chi connectivity index (χ3n) is 3.66. The maximum atomic E-state index is 6.00. The molecule has 4 rings (SSSR count). The Labute approximate surface area is 128 Å². The zero-order valence-electron chi connectivity index (χ0n) is 9.95. The van der Waals surface area contributed by atoms with Crippen molar-refractivity contribution in [3.63, 3.8) is 0 Å². The Kier molecular flexibility index (Phi) is 2.64. The predicted octanol–water partition coefficient (Wildman–Crippen LogP) is 4.44. The second-order valence-electron chi connectivity index (χ2n) is 4.69. The van der Waals surface area contributed by atoms with Gasteiger partial charge in [0.15, 0.2) is 0 Å². The lowest BCUT2D eigenvalue weighted by Gasteiger charge is -2.24. The van der Waals surface area contributed by atoms with Crippen LogP contribution in [-0.2, 0) is 15.3 Å². The third-order valence-corrected chi connectivity index (χ3v) is 4.64. The molecule has 2 aromatic rings. The van der Waals surface area contributed by atoms with E-state index in [1.807, 2.05) is 0 Å². The predicted molar refractivity (Wildman–Crippen MR) is 80.0 cm³/mol. The van der Waals surface area contributed by atoms with Gasteiger partial charge in [0, 0.05) is 20.1 Å². The summed E-state index contributed by atoms with van der Waals surface area (Å²) in [5.41, 5.74) is 4.56. The van der Waals surface area contributed by atoms with E-state index >= 15 is 0 Å². The van der Waals surface area contributed by atoms with Crippen LogP contribution in [0, 0.1) is 0 Å². The summed E-state index contributed by atoms with van der Waals surface area (Å²) in [5, 5.41) is 0. The molecule has 1 fully saturated rings. The van der Waals surface area contributed by atoms with Gasteiger partial charge in [-0.25, -0.2) is 0 Å². The molecule has 0 amide bonds. The molecule has 1 aliphatic heterocycles. The van der Waals surface area contributed by atoms with Gasteiger partial charge in [-0.05, 0) is 35.4 Å². The molecule has 2 aliphatic rings. The summed E-state index contributed by atoms with van der Waals surface area (Å²) in [6.07, 6.45) is 0. The van der Waals surface area contributed by atoms with Crippen LogP contribution in [0.2, 0.25) is 0 Å². The number of hydrogen-bond acceptors (Lipinski definition) is 2. The smallest absolute Gasteiger partial charge is 0.223 e. The van der Waals surface area contributed by atoms with Crippen LogP contribution in [0.5, 0.6) is 0 Å². The van der Waals surface area contributed by atoms with Gasteiger partial charge in [0.25, 0.3) is 0 Å². The third kappa shape index (κ3) is 1.61. The van der Waals surface area contributed by atoms with Crippen molar-refractivity contribution < 1.29 is 9.47 Å². The van der Waals surface area contributed by atoms with Crippen molar-refractivity contribution in [2.75, 3.05) is 13.2 Å². The van der Waals surface area contributed by atoms with Crippen LogP contribution in [0.25, 0.3) is 11.1 Å². The van der Waals surface area contributed by atoms with Crippen LogP contribution in [0.1, 0.15) is 11.1 Å². The minimum Gasteiger partial charge on any atom is -0.340 e. The normalized spacial score (nSPS) is 18.6. The lowest BCUT2D eigenvalue weighted by molar-refractivity contribution is -0.126. The lowest BCUT2D eigenvalue weighted by atomic mass is 10.0. The summed E-state index contributed by atoms with van der Waals surface area (Å²) >= 11 is 7.07. The van der Waals surface area contributed by atoms with E-state index < -0.39 is 5.79 Å². The van der Waals surface area contributed by atoms with Gasteiger partial charge in [0.05, 0.1) is 13.2 Å². The molecule has 96 valence electrons. The molecule has 0 atom stereocenters. The molecule has 4 heteroatoms. The summed E-state index contributed by atoms with van der Waals surface area (Å²) in [7, 11) is 0. The number of fused-ring (bicyclic) bond motifs is 5. The highest BCUT2D eigenvalue weighted by Crippen LogP contribution is 2.53. The molecule has 0 radical (unpaired) electrons. The zero-order chi connectivity index (χ0) is 13.0. The summed E-state index contributed by atoms with van der Waals surface area (Å²) in [4.78, 5) is 0. The Morgan fingerprint density at radius 2 is 1.26 bits per heavy atom. The topological polar surface area (TPSA) is 18.5 Å². The molecule has 0 unspecified atom stereocenters. The highest BCUT2D eigenvalue weighted by molar-refractivity contribution is 9.10. The van der Waals surface area contributed by atoms with Crippen LogP contribution in [0.4, 0.5) is 0 Å². The Balaban J connectivity index is 2.07. The second kappa shape index (κ2) is 4.16. The van der Waals surface area contributed by atoms with Gasteiger partial charge in [-0.1, -0.05) is 44.0 Å². The average Bonchev–Trinajstić information content (AvgIpc) is 2.97. The minimum absolute atomic E-state index is 0.623. The van der Waals surface area contributed by atoms with Crippen molar-refractivity contribution in [2.45, 2.75) is 5.79 Å². The second-order valence-corrected chi connectivity index (χ2v) is 6.52. The summed E-state index contributed by atoms with van der Waals surface area (Å²) in [6.45, 7) is 1.25. The van der Waals surface area contributed by atoms with Gasteiger partial charge in [-0.2, -0.15) is 0 Å². The number of rotatable bonds is 0. The lowest BCUT2D eigenvalue weighted by Crippen LogP contribution is -2.25. The van der Waals surface area contributed by atoms with E-state index in [2.05, 4.69) is 68.3 Å². The summed E-state index contributed by atoms with van der Waals surface area (Å²) < 4.78 is 14.1. The zero-order valence-corrected chi connectivity index (χ0v) is 13.1. The van der Waals surface area contributed by atoms with Gasteiger partial charge in [0.1, 0.15) is 0 Å². The molecule has 0 aromatic heterocycles. The fourth-order valence-corrected chi connectivity index (χ4v) is 3.64. The maximum Gasteiger partial charge on any atom is 0.223 e. The Bertz CT molecular complexity index is 622. The van der Waals surface area contributed by atoms with Crippen molar-refractivity contribution in [3.05, 3.63) is 56.5 Å². The molecular formula is C15H10Br2O2. The van der Waals surface area contributed by atoms with E-state index in [-0.39, 0.29) is 0 Å². The molecule has 1 aliphatic carbocycles. The van der Waals surface area contributed by atoms with Crippen molar-refractivity contribution in [1.29, 1.82) is 0 Å². The number of benzene rings is 2. The molecule has 2 aromatic carbocycles. The summed E-state index contributed by atoms with van der Waals surface area (Å²) in [5.74, 6) is -0.724. The van der Waals surface area contributed by atoms with E-state index in [1.54, 1.807) is 0 Å². The molecule has 2 nitrogen and oxygen atoms in total. The van der Waals surface area contributed by atoms with Gasteiger partial charge in [-0.3, -0.25) is 0 Å². The summed E-state index contributed by atoms with van der Waals surface area (Å²) in [6, 6.07) is 12.5. The SMILES string of the molecule is Brc1ccc2c(c1)C1(OCCO1)c1cc(Br)ccc1-2. The first-order chi connectivity index (χ1) is 9.21.